The summed E-state index contributed by atoms with van der Waals surface area (Å²) < 4.78 is 19.2. The highest BCUT2D eigenvalue weighted by Gasteiger charge is 2.13. The smallest absolute Gasteiger partial charge is 0.281 e. The molecule has 102 valence electrons. The Labute approximate surface area is 115 Å². The molecule has 0 saturated carbocycles. The summed E-state index contributed by atoms with van der Waals surface area (Å²) in [6.07, 6.45) is 0. The predicted molar refractivity (Wildman–Crippen MR) is 71.5 cm³/mol. The van der Waals surface area contributed by atoms with E-state index >= 15 is 0 Å². The highest BCUT2D eigenvalue weighted by molar-refractivity contribution is 7.99. The molecule has 1 N–H and O–H groups in total. The van der Waals surface area contributed by atoms with E-state index < -0.39 is 0 Å². The van der Waals surface area contributed by atoms with Crippen LogP contribution in [-0.2, 0) is 6.54 Å². The predicted octanol–water partition coefficient (Wildman–Crippen LogP) is 3.17. The third-order valence-corrected chi connectivity index (χ3v) is 3.41. The van der Waals surface area contributed by atoms with E-state index in [0.717, 1.165) is 4.90 Å². The van der Waals surface area contributed by atoms with Gasteiger partial charge in [0.2, 0.25) is 5.89 Å². The zero-order valence-corrected chi connectivity index (χ0v) is 11.9. The lowest BCUT2D eigenvalue weighted by atomic mass is 10.2. The molecule has 1 heterocycles. The summed E-state index contributed by atoms with van der Waals surface area (Å²) in [5.41, 5.74) is 0.622. The minimum atomic E-state index is -0.227. The Hall–Kier alpha value is -1.40. The summed E-state index contributed by atoms with van der Waals surface area (Å²) in [6.45, 7) is 6.24. The first kappa shape index (κ1) is 14.0. The Balaban J connectivity index is 2.21. The lowest BCUT2D eigenvalue weighted by molar-refractivity contribution is 0.429. The molecule has 0 amide bonds. The second kappa shape index (κ2) is 6.16. The Bertz CT molecular complexity index is 557. The van der Waals surface area contributed by atoms with Crippen LogP contribution in [0.5, 0.6) is 0 Å². The molecule has 0 bridgehead atoms. The van der Waals surface area contributed by atoms with E-state index in [4.69, 9.17) is 4.42 Å². The Morgan fingerprint density at radius 1 is 1.37 bits per heavy atom. The summed E-state index contributed by atoms with van der Waals surface area (Å²) in [5, 5.41) is 11.3. The molecule has 4 nitrogen and oxygen atoms in total. The zero-order valence-electron chi connectivity index (χ0n) is 11.1. The average molecular weight is 281 g/mol. The van der Waals surface area contributed by atoms with Crippen LogP contribution in [-0.4, -0.2) is 16.2 Å². The monoisotopic (exact) mass is 281 g/mol. The van der Waals surface area contributed by atoms with Crippen molar-refractivity contribution >= 4 is 11.8 Å². The van der Waals surface area contributed by atoms with Crippen LogP contribution < -0.4 is 5.32 Å². The van der Waals surface area contributed by atoms with Gasteiger partial charge in [-0.15, -0.1) is 10.2 Å². The molecule has 0 unspecified atom stereocenters. The van der Waals surface area contributed by atoms with Gasteiger partial charge in [-0.05, 0) is 23.9 Å². The first-order valence-electron chi connectivity index (χ1n) is 6.05. The van der Waals surface area contributed by atoms with E-state index in [0.29, 0.717) is 29.3 Å². The van der Waals surface area contributed by atoms with Crippen LogP contribution in [0.15, 0.2) is 32.7 Å². The van der Waals surface area contributed by atoms with Crippen LogP contribution in [0.25, 0.3) is 0 Å². The SMILES string of the molecule is Cc1nnc(Sc2cccc(F)c2CNC(C)C)o1. The van der Waals surface area contributed by atoms with Crippen LogP contribution in [0, 0.1) is 12.7 Å². The second-order valence-corrected chi connectivity index (χ2v) is 5.43. The van der Waals surface area contributed by atoms with Crippen molar-refractivity contribution in [2.75, 3.05) is 0 Å². The lowest BCUT2D eigenvalue weighted by Crippen LogP contribution is -2.22. The van der Waals surface area contributed by atoms with Crippen molar-refractivity contribution in [1.29, 1.82) is 0 Å². The number of aryl methyl sites for hydroxylation is 1. The summed E-state index contributed by atoms with van der Waals surface area (Å²) >= 11 is 1.28. The van der Waals surface area contributed by atoms with Crippen molar-refractivity contribution < 1.29 is 8.81 Å². The molecule has 0 radical (unpaired) electrons. The van der Waals surface area contributed by atoms with Crippen LogP contribution in [0.2, 0.25) is 0 Å². The normalized spacial score (nSPS) is 11.2. The summed E-state index contributed by atoms with van der Waals surface area (Å²) in [6, 6.07) is 5.29. The van der Waals surface area contributed by atoms with Gasteiger partial charge in [-0.3, -0.25) is 0 Å². The second-order valence-electron chi connectivity index (χ2n) is 4.44. The van der Waals surface area contributed by atoms with E-state index in [1.54, 1.807) is 13.0 Å². The van der Waals surface area contributed by atoms with Gasteiger partial charge in [0.05, 0.1) is 0 Å². The van der Waals surface area contributed by atoms with Gasteiger partial charge in [-0.2, -0.15) is 0 Å². The van der Waals surface area contributed by atoms with E-state index in [2.05, 4.69) is 15.5 Å². The average Bonchev–Trinajstić information content (AvgIpc) is 2.74. The van der Waals surface area contributed by atoms with E-state index in [9.17, 15) is 4.39 Å². The van der Waals surface area contributed by atoms with Crippen molar-refractivity contribution in [3.8, 4) is 0 Å². The molecule has 2 rings (SSSR count). The van der Waals surface area contributed by atoms with Gasteiger partial charge in [0, 0.05) is 30.0 Å². The number of rotatable bonds is 5. The largest absolute Gasteiger partial charge is 0.416 e. The Morgan fingerprint density at radius 3 is 2.79 bits per heavy atom. The van der Waals surface area contributed by atoms with E-state index in [1.807, 2.05) is 19.9 Å². The molecule has 0 aliphatic heterocycles. The third kappa shape index (κ3) is 3.78. The molecule has 2 aromatic rings. The van der Waals surface area contributed by atoms with Gasteiger partial charge in [0.15, 0.2) is 0 Å². The zero-order chi connectivity index (χ0) is 13.8. The number of aromatic nitrogens is 2. The fraction of sp³-hybridized carbons (Fsp3) is 0.385. The number of nitrogens with zero attached hydrogens (tertiary/aromatic N) is 2. The number of nitrogens with one attached hydrogen (secondary N) is 1. The molecular weight excluding hydrogens is 265 g/mol. The molecule has 1 aromatic heterocycles. The first-order chi connectivity index (χ1) is 9.06. The van der Waals surface area contributed by atoms with Crippen molar-refractivity contribution in [2.45, 2.75) is 43.5 Å². The Morgan fingerprint density at radius 2 is 2.16 bits per heavy atom. The minimum absolute atomic E-state index is 0.227. The van der Waals surface area contributed by atoms with Crippen LogP contribution in [0.1, 0.15) is 25.3 Å². The highest BCUT2D eigenvalue weighted by atomic mass is 32.2. The molecule has 0 atom stereocenters. The van der Waals surface area contributed by atoms with Gasteiger partial charge in [-0.1, -0.05) is 19.9 Å². The van der Waals surface area contributed by atoms with Crippen LogP contribution >= 0.6 is 11.8 Å². The van der Waals surface area contributed by atoms with E-state index in [1.165, 1.54) is 17.8 Å². The maximum atomic E-state index is 13.9. The fourth-order valence-electron chi connectivity index (χ4n) is 1.53. The quantitative estimate of drug-likeness (QED) is 0.912. The van der Waals surface area contributed by atoms with Gasteiger partial charge in [0.25, 0.3) is 5.22 Å². The maximum Gasteiger partial charge on any atom is 0.281 e. The third-order valence-electron chi connectivity index (χ3n) is 2.47. The van der Waals surface area contributed by atoms with Gasteiger partial charge < -0.3 is 9.73 Å². The highest BCUT2D eigenvalue weighted by Crippen LogP contribution is 2.30. The summed E-state index contributed by atoms with van der Waals surface area (Å²) in [4.78, 5) is 0.789. The van der Waals surface area contributed by atoms with Gasteiger partial charge in [0.1, 0.15) is 5.82 Å². The lowest BCUT2D eigenvalue weighted by Gasteiger charge is -2.12. The fourth-order valence-corrected chi connectivity index (χ4v) is 2.40. The molecule has 0 aliphatic carbocycles. The number of benzene rings is 1. The maximum absolute atomic E-state index is 13.9. The topological polar surface area (TPSA) is 51.0 Å². The minimum Gasteiger partial charge on any atom is -0.416 e. The van der Waals surface area contributed by atoms with Gasteiger partial charge >= 0.3 is 0 Å². The van der Waals surface area contributed by atoms with Crippen molar-refractivity contribution in [3.05, 3.63) is 35.5 Å². The van der Waals surface area contributed by atoms with E-state index in [-0.39, 0.29) is 5.82 Å². The van der Waals surface area contributed by atoms with Crippen molar-refractivity contribution in [3.63, 3.8) is 0 Å². The number of hydrogen-bond donors (Lipinski definition) is 1. The molecule has 0 aliphatic rings. The van der Waals surface area contributed by atoms with Crippen molar-refractivity contribution in [2.24, 2.45) is 0 Å². The molecule has 0 spiro atoms. The molecule has 1 aromatic carbocycles. The van der Waals surface area contributed by atoms with Crippen LogP contribution in [0.3, 0.4) is 0 Å². The van der Waals surface area contributed by atoms with Gasteiger partial charge in [-0.25, -0.2) is 4.39 Å². The summed E-state index contributed by atoms with van der Waals surface area (Å²) in [7, 11) is 0. The standard InChI is InChI=1S/C13H16FN3OS/c1-8(2)15-7-10-11(14)5-4-6-12(10)19-13-17-16-9(3)18-13/h4-6,8,15H,7H2,1-3H3. The molecule has 0 fully saturated rings. The molecule has 6 heteroatoms. The Kier molecular flexibility index (Phi) is 4.55. The van der Waals surface area contributed by atoms with Crippen molar-refractivity contribution in [1.82, 2.24) is 15.5 Å². The first-order valence-corrected chi connectivity index (χ1v) is 6.86. The summed E-state index contributed by atoms with van der Waals surface area (Å²) in [5.74, 6) is 0.273. The molecule has 0 saturated heterocycles. The van der Waals surface area contributed by atoms with Crippen LogP contribution in [0.4, 0.5) is 4.39 Å². The molecule has 19 heavy (non-hydrogen) atoms. The number of halogens is 1. The number of hydrogen-bond acceptors (Lipinski definition) is 5. The molecular formula is C13H16FN3OS.